The lowest BCUT2D eigenvalue weighted by Gasteiger charge is -2.15. The lowest BCUT2D eigenvalue weighted by molar-refractivity contribution is -0.138. The van der Waals surface area contributed by atoms with Crippen LogP contribution in [0.5, 0.6) is 0 Å². The van der Waals surface area contributed by atoms with E-state index in [2.05, 4.69) is 9.97 Å². The van der Waals surface area contributed by atoms with E-state index < -0.39 is 10.7 Å². The van der Waals surface area contributed by atoms with Crippen molar-refractivity contribution in [2.24, 2.45) is 0 Å². The summed E-state index contributed by atoms with van der Waals surface area (Å²) in [5.74, 6) is -0.848. The fourth-order valence-corrected chi connectivity index (χ4v) is 2.31. The van der Waals surface area contributed by atoms with Gasteiger partial charge in [-0.05, 0) is 38.5 Å². The van der Waals surface area contributed by atoms with Gasteiger partial charge in [0.2, 0.25) is 0 Å². The number of imidazole rings is 1. The average Bonchev–Trinajstić information content (AvgIpc) is 2.57. The van der Waals surface area contributed by atoms with Crippen LogP contribution in [0.25, 0.3) is 11.0 Å². The van der Waals surface area contributed by atoms with Crippen LogP contribution in [0.15, 0.2) is 23.4 Å². The Morgan fingerprint density at radius 3 is 2.82 bits per heavy atom. The zero-order chi connectivity index (χ0) is 12.6. The number of carboxylic acids is 1. The third-order valence-corrected chi connectivity index (χ3v) is 3.55. The van der Waals surface area contributed by atoms with Crippen molar-refractivity contribution >= 4 is 28.8 Å². The van der Waals surface area contributed by atoms with Crippen LogP contribution >= 0.6 is 11.8 Å². The van der Waals surface area contributed by atoms with Crippen molar-refractivity contribution in [1.29, 1.82) is 0 Å². The molecule has 0 amide bonds. The summed E-state index contributed by atoms with van der Waals surface area (Å²) in [7, 11) is 0. The second kappa shape index (κ2) is 4.07. The third kappa shape index (κ3) is 2.44. The normalized spacial score (nSPS) is 11.9. The van der Waals surface area contributed by atoms with E-state index in [1.165, 1.54) is 11.8 Å². The van der Waals surface area contributed by atoms with Gasteiger partial charge in [0.25, 0.3) is 0 Å². The molecule has 1 aromatic heterocycles. The molecule has 0 atom stereocenters. The van der Waals surface area contributed by atoms with Gasteiger partial charge in [-0.15, -0.1) is 0 Å². The van der Waals surface area contributed by atoms with Crippen LogP contribution in [-0.2, 0) is 4.79 Å². The molecule has 90 valence electrons. The molecular weight excluding hydrogens is 236 g/mol. The average molecular weight is 250 g/mol. The van der Waals surface area contributed by atoms with Crippen molar-refractivity contribution in [2.45, 2.75) is 30.7 Å². The summed E-state index contributed by atoms with van der Waals surface area (Å²) in [6, 6.07) is 5.92. The molecule has 1 heterocycles. The molecule has 0 saturated carbocycles. The van der Waals surface area contributed by atoms with Crippen molar-refractivity contribution in [3.05, 3.63) is 23.8 Å². The summed E-state index contributed by atoms with van der Waals surface area (Å²) in [6.07, 6.45) is 0. The summed E-state index contributed by atoms with van der Waals surface area (Å²) < 4.78 is -0.886. The van der Waals surface area contributed by atoms with Gasteiger partial charge in [-0.3, -0.25) is 4.79 Å². The third-order valence-electron chi connectivity index (χ3n) is 2.48. The van der Waals surface area contributed by atoms with Crippen LogP contribution in [0.1, 0.15) is 19.4 Å². The first-order valence-corrected chi connectivity index (χ1v) is 6.09. The molecule has 2 rings (SSSR count). The first-order chi connectivity index (χ1) is 7.88. The minimum Gasteiger partial charge on any atom is -0.480 e. The highest BCUT2D eigenvalue weighted by Crippen LogP contribution is 2.31. The Labute approximate surface area is 103 Å². The predicted octanol–water partition coefficient (Wildman–Crippen LogP) is 2.83. The molecule has 17 heavy (non-hydrogen) atoms. The smallest absolute Gasteiger partial charge is 0.319 e. The zero-order valence-corrected chi connectivity index (χ0v) is 10.8. The molecule has 0 saturated heterocycles. The highest BCUT2D eigenvalue weighted by atomic mass is 32.2. The molecule has 0 spiro atoms. The number of benzene rings is 1. The van der Waals surface area contributed by atoms with Crippen molar-refractivity contribution in [1.82, 2.24) is 9.97 Å². The number of H-pyrrole nitrogens is 1. The van der Waals surface area contributed by atoms with Gasteiger partial charge in [0.05, 0.1) is 11.0 Å². The van der Waals surface area contributed by atoms with Crippen LogP contribution in [0.3, 0.4) is 0 Å². The zero-order valence-electron chi connectivity index (χ0n) is 9.94. The Balaban J connectivity index is 2.34. The summed E-state index contributed by atoms with van der Waals surface area (Å²) in [4.78, 5) is 18.5. The van der Waals surface area contributed by atoms with E-state index in [0.29, 0.717) is 5.16 Å². The number of carboxylic acid groups (broad SMARTS) is 1. The Hall–Kier alpha value is -1.49. The molecule has 1 aromatic carbocycles. The van der Waals surface area contributed by atoms with Crippen LogP contribution in [-0.4, -0.2) is 25.8 Å². The van der Waals surface area contributed by atoms with Gasteiger partial charge < -0.3 is 10.1 Å². The van der Waals surface area contributed by atoms with E-state index in [-0.39, 0.29) is 0 Å². The molecule has 4 nitrogen and oxygen atoms in total. The lowest BCUT2D eigenvalue weighted by Crippen LogP contribution is -2.27. The second-order valence-corrected chi connectivity index (χ2v) is 6.09. The molecule has 5 heteroatoms. The predicted molar refractivity (Wildman–Crippen MR) is 68.4 cm³/mol. The fourth-order valence-electron chi connectivity index (χ4n) is 1.43. The van der Waals surface area contributed by atoms with E-state index in [4.69, 9.17) is 5.11 Å². The fraction of sp³-hybridized carbons (Fsp3) is 0.333. The number of rotatable bonds is 3. The number of carbonyl (C=O) groups is 1. The van der Waals surface area contributed by atoms with Crippen molar-refractivity contribution in [2.75, 3.05) is 0 Å². The second-order valence-electron chi connectivity index (χ2n) is 4.48. The van der Waals surface area contributed by atoms with Gasteiger partial charge in [-0.1, -0.05) is 17.8 Å². The Morgan fingerprint density at radius 2 is 2.18 bits per heavy atom. The largest absolute Gasteiger partial charge is 0.480 e. The number of hydrogen-bond donors (Lipinski definition) is 2. The number of fused-ring (bicyclic) bond motifs is 1. The topological polar surface area (TPSA) is 66.0 Å². The summed E-state index contributed by atoms with van der Waals surface area (Å²) in [5, 5.41) is 9.70. The molecule has 2 aromatic rings. The first kappa shape index (κ1) is 12.0. The van der Waals surface area contributed by atoms with Gasteiger partial charge in [0.15, 0.2) is 5.16 Å². The number of nitrogens with one attached hydrogen (secondary N) is 1. The van der Waals surface area contributed by atoms with Crippen LogP contribution in [0, 0.1) is 6.92 Å². The number of aromatic nitrogens is 2. The van der Waals surface area contributed by atoms with Gasteiger partial charge >= 0.3 is 5.97 Å². The number of aliphatic carboxylic acids is 1. The number of aryl methyl sites for hydroxylation is 1. The molecule has 0 radical (unpaired) electrons. The summed E-state index contributed by atoms with van der Waals surface area (Å²) in [5.41, 5.74) is 2.95. The molecule has 0 unspecified atom stereocenters. The molecule has 2 N–H and O–H groups in total. The van der Waals surface area contributed by atoms with Crippen molar-refractivity contribution in [3.63, 3.8) is 0 Å². The van der Waals surface area contributed by atoms with E-state index in [9.17, 15) is 4.79 Å². The Kier molecular flexibility index (Phi) is 2.87. The van der Waals surface area contributed by atoms with Gasteiger partial charge in [-0.25, -0.2) is 4.98 Å². The van der Waals surface area contributed by atoms with Gasteiger partial charge in [0.1, 0.15) is 4.75 Å². The standard InChI is InChI=1S/C12H14N2O2S/c1-7-4-5-8-9(6-7)14-11(13-8)17-12(2,3)10(15)16/h4-6H,1-3H3,(H,13,14)(H,15,16). The van der Waals surface area contributed by atoms with Crippen LogP contribution in [0.4, 0.5) is 0 Å². The number of nitrogens with zero attached hydrogens (tertiary/aromatic N) is 1. The maximum atomic E-state index is 11.0. The lowest BCUT2D eigenvalue weighted by atomic mass is 10.2. The molecule has 0 aliphatic heterocycles. The number of aromatic amines is 1. The quantitative estimate of drug-likeness (QED) is 0.822. The van der Waals surface area contributed by atoms with Crippen LogP contribution < -0.4 is 0 Å². The highest BCUT2D eigenvalue weighted by molar-refractivity contribution is 8.01. The molecular formula is C12H14N2O2S. The maximum absolute atomic E-state index is 11.0. The summed E-state index contributed by atoms with van der Waals surface area (Å²) in [6.45, 7) is 5.34. The monoisotopic (exact) mass is 250 g/mol. The van der Waals surface area contributed by atoms with E-state index in [0.717, 1.165) is 16.6 Å². The Bertz CT molecular complexity index is 575. The molecule has 0 aliphatic rings. The van der Waals surface area contributed by atoms with Gasteiger partial charge in [-0.2, -0.15) is 0 Å². The molecule has 0 fully saturated rings. The maximum Gasteiger partial charge on any atom is 0.319 e. The van der Waals surface area contributed by atoms with E-state index in [1.807, 2.05) is 25.1 Å². The van der Waals surface area contributed by atoms with Crippen LogP contribution in [0.2, 0.25) is 0 Å². The highest BCUT2D eigenvalue weighted by Gasteiger charge is 2.29. The van der Waals surface area contributed by atoms with Crippen molar-refractivity contribution in [3.8, 4) is 0 Å². The minimum atomic E-state index is -0.886. The van der Waals surface area contributed by atoms with Crippen molar-refractivity contribution < 1.29 is 9.90 Å². The SMILES string of the molecule is Cc1ccc2nc(SC(C)(C)C(=O)O)[nH]c2c1. The minimum absolute atomic E-state index is 0.637. The Morgan fingerprint density at radius 1 is 1.47 bits per heavy atom. The summed E-state index contributed by atoms with van der Waals surface area (Å²) >= 11 is 1.22. The molecule has 0 aliphatic carbocycles. The first-order valence-electron chi connectivity index (χ1n) is 5.27. The number of thioether (sulfide) groups is 1. The molecule has 0 bridgehead atoms. The van der Waals surface area contributed by atoms with E-state index in [1.54, 1.807) is 13.8 Å². The van der Waals surface area contributed by atoms with Gasteiger partial charge in [0, 0.05) is 0 Å². The van der Waals surface area contributed by atoms with E-state index >= 15 is 0 Å². The number of hydrogen-bond acceptors (Lipinski definition) is 3.